The molecule has 22 N–H and O–H groups in total. The molecule has 0 fully saturated rings. The number of amides is 10. The summed E-state index contributed by atoms with van der Waals surface area (Å²) >= 11 is 1.28. The topological polar surface area (TPSA) is 522 Å². The molecule has 0 bridgehead atoms. The van der Waals surface area contributed by atoms with Gasteiger partial charge in [-0.1, -0.05) is 60.7 Å². The molecule has 2 aromatic carbocycles. The first-order valence-corrected chi connectivity index (χ1v) is 27.8. The molecular weight excluding hydrogens is 1120 g/mol. The molecule has 1 heterocycles. The second-order valence-electron chi connectivity index (χ2n) is 19.1. The van der Waals surface area contributed by atoms with Crippen LogP contribution >= 0.6 is 11.8 Å². The van der Waals surface area contributed by atoms with E-state index >= 15 is 0 Å². The number of aliphatic hydroxyl groups is 3. The summed E-state index contributed by atoms with van der Waals surface area (Å²) in [7, 11) is 0. The monoisotopic (exact) mass is 1200 g/mol. The first-order valence-electron chi connectivity index (χ1n) is 26.4. The highest BCUT2D eigenvalue weighted by Crippen LogP contribution is 2.11. The van der Waals surface area contributed by atoms with Gasteiger partial charge in [-0.2, -0.15) is 11.8 Å². The van der Waals surface area contributed by atoms with Crippen molar-refractivity contribution in [2.45, 2.75) is 119 Å². The van der Waals surface area contributed by atoms with Gasteiger partial charge in [-0.15, -0.1) is 0 Å². The number of imidazole rings is 1. The fraction of sp³-hybridized carbons (Fsp3) is 0.481. The normalized spacial score (nSPS) is 14.5. The number of carboxylic acid groups (broad SMARTS) is 1. The van der Waals surface area contributed by atoms with E-state index in [-0.39, 0.29) is 62.5 Å². The number of aliphatic imine (C=N–C) groups is 1. The molecule has 0 aliphatic heterocycles. The van der Waals surface area contributed by atoms with Crippen LogP contribution < -0.4 is 70.8 Å². The minimum absolute atomic E-state index is 0.00848. The lowest BCUT2D eigenvalue weighted by atomic mass is 10.0. The Morgan fingerprint density at radius 3 is 1.49 bits per heavy atom. The van der Waals surface area contributed by atoms with Crippen LogP contribution in [0.2, 0.25) is 0 Å². The number of rotatable bonds is 38. The minimum atomic E-state index is -1.84. The lowest BCUT2D eigenvalue weighted by Gasteiger charge is -2.28. The van der Waals surface area contributed by atoms with Gasteiger partial charge in [-0.3, -0.25) is 52.9 Å². The van der Waals surface area contributed by atoms with E-state index in [2.05, 4.69) is 62.8 Å². The smallest absolute Gasteiger partial charge is 0.328 e. The number of primary amides is 1. The number of nitrogens with two attached hydrogens (primary N) is 4. The van der Waals surface area contributed by atoms with Crippen molar-refractivity contribution in [3.8, 4) is 0 Å². The Labute approximate surface area is 487 Å². The summed E-state index contributed by atoms with van der Waals surface area (Å²) < 4.78 is 0. The van der Waals surface area contributed by atoms with Crippen LogP contribution in [0.3, 0.4) is 0 Å². The van der Waals surface area contributed by atoms with Gasteiger partial charge in [0.25, 0.3) is 0 Å². The lowest BCUT2D eigenvalue weighted by molar-refractivity contribution is -0.143. The van der Waals surface area contributed by atoms with E-state index in [1.165, 1.54) is 31.2 Å². The predicted octanol–water partition coefficient (Wildman–Crippen LogP) is -6.72. The molecule has 1 aromatic heterocycles. The van der Waals surface area contributed by atoms with Gasteiger partial charge >= 0.3 is 5.97 Å². The van der Waals surface area contributed by atoms with Gasteiger partial charge in [-0.05, 0) is 55.7 Å². The van der Waals surface area contributed by atoms with Gasteiger partial charge in [-0.25, -0.2) is 9.78 Å². The zero-order valence-corrected chi connectivity index (χ0v) is 47.1. The largest absolute Gasteiger partial charge is 0.480 e. The van der Waals surface area contributed by atoms with Crippen molar-refractivity contribution in [3.05, 3.63) is 90.0 Å². The van der Waals surface area contributed by atoms with Crippen molar-refractivity contribution >= 4 is 82.8 Å². The Morgan fingerprint density at radius 2 is 1.02 bits per heavy atom. The number of nitrogens with zero attached hydrogens (tertiary/aromatic N) is 2. The Bertz CT molecular complexity index is 2690. The van der Waals surface area contributed by atoms with Crippen molar-refractivity contribution in [1.82, 2.24) is 57.8 Å². The summed E-state index contributed by atoms with van der Waals surface area (Å²) in [5.41, 5.74) is 23.3. The maximum Gasteiger partial charge on any atom is 0.328 e. The van der Waals surface area contributed by atoms with E-state index in [1.54, 1.807) is 66.9 Å². The first kappa shape index (κ1) is 69.5. The first-order chi connectivity index (χ1) is 40.0. The second kappa shape index (κ2) is 36.7. The van der Waals surface area contributed by atoms with Crippen LogP contribution in [0.5, 0.6) is 0 Å². The summed E-state index contributed by atoms with van der Waals surface area (Å²) in [6, 6.07) is 2.45. The van der Waals surface area contributed by atoms with Crippen LogP contribution in [0, 0.1) is 0 Å². The number of H-pyrrole nitrogens is 1. The number of aliphatic hydroxyl groups excluding tert-OH is 3. The molecule has 3 rings (SSSR count). The van der Waals surface area contributed by atoms with E-state index in [1.807, 2.05) is 0 Å². The number of carbonyl (C=O) groups excluding carboxylic acids is 10. The number of carbonyl (C=O) groups is 11. The zero-order chi connectivity index (χ0) is 62.3. The number of guanidine groups is 1. The quantitative estimate of drug-likeness (QED) is 0.0144. The van der Waals surface area contributed by atoms with Gasteiger partial charge in [0.05, 0.1) is 32.2 Å². The third-order valence-corrected chi connectivity index (χ3v) is 13.1. The highest BCUT2D eigenvalue weighted by molar-refractivity contribution is 7.98. The lowest BCUT2D eigenvalue weighted by Crippen LogP contribution is -2.62. The number of aliphatic carboxylic acids is 1. The summed E-state index contributed by atoms with van der Waals surface area (Å²) in [5.74, 6) is -11.4. The van der Waals surface area contributed by atoms with Gasteiger partial charge in [0.1, 0.15) is 54.4 Å². The fourth-order valence-corrected chi connectivity index (χ4v) is 8.43. The van der Waals surface area contributed by atoms with Gasteiger partial charge in [0, 0.05) is 44.1 Å². The van der Waals surface area contributed by atoms with E-state index in [4.69, 9.17) is 22.9 Å². The number of benzene rings is 2. The molecule has 0 radical (unpaired) electrons. The Hall–Kier alpha value is -8.72. The molecule has 0 saturated heterocycles. The molecule has 0 aliphatic carbocycles. The van der Waals surface area contributed by atoms with Gasteiger partial charge in [0.15, 0.2) is 5.96 Å². The van der Waals surface area contributed by atoms with Crippen LogP contribution in [0.25, 0.3) is 0 Å². The number of aromatic amines is 1. The number of hydrogen-bond acceptors (Lipinski definition) is 18. The summed E-state index contributed by atoms with van der Waals surface area (Å²) in [6.45, 7) is -1.40. The summed E-state index contributed by atoms with van der Waals surface area (Å²) in [4.78, 5) is 158. The summed E-state index contributed by atoms with van der Waals surface area (Å²) in [5, 5.41) is 62.1. The highest BCUT2D eigenvalue weighted by Gasteiger charge is 2.36. The third-order valence-electron chi connectivity index (χ3n) is 12.5. The average Bonchev–Trinajstić information content (AvgIpc) is 4.15. The van der Waals surface area contributed by atoms with Crippen molar-refractivity contribution in [1.29, 1.82) is 0 Å². The van der Waals surface area contributed by atoms with E-state index in [0.717, 1.165) is 0 Å². The molecule has 460 valence electrons. The Balaban J connectivity index is 1.94. The molecule has 10 amide bonds. The highest BCUT2D eigenvalue weighted by atomic mass is 32.2. The number of hydrogen-bond donors (Lipinski definition) is 18. The molecule has 3 aromatic rings. The minimum Gasteiger partial charge on any atom is -0.480 e. The molecule has 31 nitrogen and oxygen atoms in total. The van der Waals surface area contributed by atoms with Crippen molar-refractivity contribution < 1.29 is 73.2 Å². The van der Waals surface area contributed by atoms with E-state index in [0.29, 0.717) is 11.1 Å². The molecular formula is C52H76N16O15S. The van der Waals surface area contributed by atoms with E-state index < -0.39 is 158 Å². The summed E-state index contributed by atoms with van der Waals surface area (Å²) in [6.07, 6.45) is 0.908. The maximum absolute atomic E-state index is 14.4. The van der Waals surface area contributed by atoms with Gasteiger partial charge < -0.3 is 96.2 Å². The molecule has 0 unspecified atom stereocenters. The van der Waals surface area contributed by atoms with Crippen molar-refractivity contribution in [2.24, 2.45) is 27.9 Å². The Morgan fingerprint density at radius 1 is 0.583 bits per heavy atom. The van der Waals surface area contributed by atoms with Crippen LogP contribution in [-0.4, -0.2) is 200 Å². The number of nitrogens with one attached hydrogen (secondary N) is 10. The molecule has 0 aliphatic rings. The van der Waals surface area contributed by atoms with E-state index in [9.17, 15) is 73.2 Å². The molecule has 84 heavy (non-hydrogen) atoms. The van der Waals surface area contributed by atoms with Crippen LogP contribution in [0.15, 0.2) is 78.2 Å². The number of carboxylic acids is 1. The SMILES string of the molecule is CSCC[C@H](NC(=O)[C@H](CCC(N)=O)NC(=O)[C@H](Cc1cnc[nH]1)NC(=O)[C@H](CCCN=C(N)N)NC(=O)[C@H](CO)NC(=O)[C@H](Cc1ccccc1)NC(=O)[C@@H](NC(=O)[C@H](Cc1ccccc1)NC(=O)CN)[C@@H](C)O)C(=O)N[C@@H](CO)C(=O)O. The molecule has 10 atom stereocenters. The predicted molar refractivity (Wildman–Crippen MR) is 304 cm³/mol. The zero-order valence-electron chi connectivity index (χ0n) is 46.3. The maximum atomic E-state index is 14.4. The van der Waals surface area contributed by atoms with Crippen LogP contribution in [0.4, 0.5) is 0 Å². The van der Waals surface area contributed by atoms with Crippen LogP contribution in [0.1, 0.15) is 55.8 Å². The average molecular weight is 1200 g/mol. The molecule has 0 spiro atoms. The molecule has 32 heteroatoms. The number of aromatic nitrogens is 2. The van der Waals surface area contributed by atoms with Crippen LogP contribution in [-0.2, 0) is 72.0 Å². The number of thioether (sulfide) groups is 1. The molecule has 0 saturated carbocycles. The second-order valence-corrected chi connectivity index (χ2v) is 20.1. The standard InChI is InChI=1S/C52H76N16O15S/c1-28(71)42(68-48(79)35(60-41(73)23-53)20-29-10-5-3-6-11-29)50(81)65-36(21-30-12-7-4-8-13-30)46(77)66-38(25-69)49(80)61-32(14-9-18-58-52(55)56)43(74)64-37(22-31-24-57-27-59-31)47(78)62-33(15-16-40(54)72)44(75)63-34(17-19-84-2)45(76)67-39(26-70)51(82)83/h3-8,10-13,24,27-28,32-39,42,69-71H,9,14-23,25-26,53H2,1-2H3,(H2,54,72)(H,57,59)(H,60,73)(H,61,80)(H,62,78)(H,63,75)(H,64,74)(H,65,81)(H,66,77)(H,67,76)(H,68,79)(H,82,83)(H4,55,56,58)/t28-,32+,33+,34+,35+,36+,37+,38+,39+,42+/m1/s1. The third kappa shape index (κ3) is 24.8. The fourth-order valence-electron chi connectivity index (χ4n) is 7.96. The van der Waals surface area contributed by atoms with Crippen molar-refractivity contribution in [2.75, 3.05) is 38.3 Å². The van der Waals surface area contributed by atoms with Gasteiger partial charge in [0.2, 0.25) is 59.1 Å². The van der Waals surface area contributed by atoms with Crippen molar-refractivity contribution in [3.63, 3.8) is 0 Å². The Kier molecular flexibility index (Phi) is 30.4.